The number of benzene rings is 1. The van der Waals surface area contributed by atoms with E-state index >= 15 is 0 Å². The lowest BCUT2D eigenvalue weighted by Crippen LogP contribution is -2.01. The largest absolute Gasteiger partial charge is 0.399 e. The summed E-state index contributed by atoms with van der Waals surface area (Å²) in [4.78, 5) is 4.52. The predicted molar refractivity (Wildman–Crippen MR) is 80.1 cm³/mol. The molecular formula is C12H17N3S2. The Morgan fingerprint density at radius 2 is 2.29 bits per heavy atom. The topological polar surface area (TPSA) is 50.9 Å². The molecule has 0 aliphatic rings. The first kappa shape index (κ1) is 12.5. The maximum absolute atomic E-state index is 5.74. The van der Waals surface area contributed by atoms with E-state index in [1.54, 1.807) is 11.3 Å². The average molecular weight is 267 g/mol. The van der Waals surface area contributed by atoms with Crippen molar-refractivity contribution in [2.24, 2.45) is 0 Å². The van der Waals surface area contributed by atoms with Crippen molar-refractivity contribution in [2.45, 2.75) is 12.8 Å². The lowest BCUT2D eigenvalue weighted by Gasteiger charge is -2.00. The quantitative estimate of drug-likeness (QED) is 0.622. The zero-order valence-corrected chi connectivity index (χ0v) is 11.5. The van der Waals surface area contributed by atoms with Crippen LogP contribution in [0.5, 0.6) is 0 Å². The maximum Gasteiger partial charge on any atom is 0.183 e. The van der Waals surface area contributed by atoms with Crippen molar-refractivity contribution in [3.63, 3.8) is 0 Å². The molecule has 0 bridgehead atoms. The molecule has 1 heterocycles. The Kier molecular flexibility index (Phi) is 4.50. The molecule has 0 saturated carbocycles. The molecule has 0 spiro atoms. The molecule has 3 N–H and O–H groups in total. The van der Waals surface area contributed by atoms with Crippen molar-refractivity contribution in [1.29, 1.82) is 0 Å². The molecule has 1 aromatic carbocycles. The summed E-state index contributed by atoms with van der Waals surface area (Å²) in [6.07, 6.45) is 4.59. The van der Waals surface area contributed by atoms with Gasteiger partial charge in [-0.15, -0.1) is 0 Å². The summed E-state index contributed by atoms with van der Waals surface area (Å²) in [6.45, 7) is 0.996. The molecular weight excluding hydrogens is 250 g/mol. The lowest BCUT2D eigenvalue weighted by atomic mass is 10.3. The molecule has 0 atom stereocenters. The maximum atomic E-state index is 5.74. The SMILES string of the molecule is CSCCCCNc1nc2ccc(N)cc2s1. The van der Waals surface area contributed by atoms with Gasteiger partial charge in [0.05, 0.1) is 10.2 Å². The molecule has 0 fully saturated rings. The second-order valence-corrected chi connectivity index (χ2v) is 5.89. The number of aromatic nitrogens is 1. The summed E-state index contributed by atoms with van der Waals surface area (Å²) in [5, 5.41) is 4.36. The number of hydrogen-bond donors (Lipinski definition) is 2. The number of nitrogens with one attached hydrogen (secondary N) is 1. The summed E-state index contributed by atoms with van der Waals surface area (Å²) in [5.41, 5.74) is 7.57. The Hall–Kier alpha value is -0.940. The van der Waals surface area contributed by atoms with Crippen LogP contribution in [0.15, 0.2) is 18.2 Å². The summed E-state index contributed by atoms with van der Waals surface area (Å²) >= 11 is 3.57. The van der Waals surface area contributed by atoms with Crippen LogP contribution in [0.25, 0.3) is 10.2 Å². The number of rotatable bonds is 6. The predicted octanol–water partition coefficient (Wildman–Crippen LogP) is 3.43. The van der Waals surface area contributed by atoms with E-state index in [1.165, 1.54) is 18.6 Å². The first-order valence-electron chi connectivity index (χ1n) is 5.68. The summed E-state index contributed by atoms with van der Waals surface area (Å²) in [7, 11) is 0. The van der Waals surface area contributed by atoms with Crippen molar-refractivity contribution in [2.75, 3.05) is 29.6 Å². The van der Waals surface area contributed by atoms with Gasteiger partial charge in [0, 0.05) is 12.2 Å². The van der Waals surface area contributed by atoms with Crippen LogP contribution in [-0.4, -0.2) is 23.5 Å². The molecule has 1 aromatic heterocycles. The highest BCUT2D eigenvalue weighted by Gasteiger charge is 2.02. The minimum atomic E-state index is 0.799. The number of nitrogens with two attached hydrogens (primary N) is 1. The third-order valence-electron chi connectivity index (χ3n) is 2.46. The van der Waals surface area contributed by atoms with E-state index in [2.05, 4.69) is 16.6 Å². The van der Waals surface area contributed by atoms with Crippen LogP contribution >= 0.6 is 23.1 Å². The van der Waals surface area contributed by atoms with E-state index in [0.717, 1.165) is 27.6 Å². The van der Waals surface area contributed by atoms with Gasteiger partial charge in [-0.2, -0.15) is 11.8 Å². The zero-order chi connectivity index (χ0) is 12.1. The molecule has 92 valence electrons. The second-order valence-electron chi connectivity index (χ2n) is 3.87. The van der Waals surface area contributed by atoms with Crippen molar-refractivity contribution >= 4 is 44.1 Å². The molecule has 0 amide bonds. The minimum absolute atomic E-state index is 0.799. The minimum Gasteiger partial charge on any atom is -0.399 e. The molecule has 0 radical (unpaired) electrons. The van der Waals surface area contributed by atoms with Gasteiger partial charge in [0.2, 0.25) is 0 Å². The smallest absolute Gasteiger partial charge is 0.183 e. The number of anilines is 2. The van der Waals surface area contributed by atoms with Crippen molar-refractivity contribution < 1.29 is 0 Å². The van der Waals surface area contributed by atoms with Crippen LogP contribution in [0.2, 0.25) is 0 Å². The fraction of sp³-hybridized carbons (Fsp3) is 0.417. The third kappa shape index (κ3) is 3.51. The zero-order valence-electron chi connectivity index (χ0n) is 9.90. The van der Waals surface area contributed by atoms with Gasteiger partial charge in [0.1, 0.15) is 0 Å². The highest BCUT2D eigenvalue weighted by Crippen LogP contribution is 2.27. The monoisotopic (exact) mass is 267 g/mol. The molecule has 2 rings (SSSR count). The van der Waals surface area contributed by atoms with Crippen LogP contribution in [0.4, 0.5) is 10.8 Å². The molecule has 0 saturated heterocycles. The highest BCUT2D eigenvalue weighted by atomic mass is 32.2. The molecule has 2 aromatic rings. The number of thiazole rings is 1. The van der Waals surface area contributed by atoms with Crippen LogP contribution in [0.1, 0.15) is 12.8 Å². The number of hydrogen-bond acceptors (Lipinski definition) is 5. The van der Waals surface area contributed by atoms with Gasteiger partial charge in [0.25, 0.3) is 0 Å². The number of unbranched alkanes of at least 4 members (excludes halogenated alkanes) is 1. The fourth-order valence-corrected chi connectivity index (χ4v) is 3.02. The average Bonchev–Trinajstić information content (AvgIpc) is 2.70. The number of fused-ring (bicyclic) bond motifs is 1. The van der Waals surface area contributed by atoms with Crippen LogP contribution in [-0.2, 0) is 0 Å². The third-order valence-corrected chi connectivity index (χ3v) is 4.14. The van der Waals surface area contributed by atoms with Crippen molar-refractivity contribution in [3.8, 4) is 0 Å². The Labute approximate surface area is 110 Å². The van der Waals surface area contributed by atoms with Gasteiger partial charge in [-0.3, -0.25) is 0 Å². The van der Waals surface area contributed by atoms with Gasteiger partial charge in [-0.25, -0.2) is 4.98 Å². The Morgan fingerprint density at radius 3 is 3.12 bits per heavy atom. The normalized spacial score (nSPS) is 10.9. The standard InChI is InChI=1S/C12H17N3S2/c1-16-7-3-2-6-14-12-15-10-5-4-9(13)8-11(10)17-12/h4-5,8H,2-3,6-7,13H2,1H3,(H,14,15). The summed E-state index contributed by atoms with van der Waals surface area (Å²) in [6, 6.07) is 5.84. The van der Waals surface area contributed by atoms with Crippen LogP contribution in [0.3, 0.4) is 0 Å². The van der Waals surface area contributed by atoms with Gasteiger partial charge >= 0.3 is 0 Å². The molecule has 5 heteroatoms. The Morgan fingerprint density at radius 1 is 1.41 bits per heavy atom. The molecule has 0 aliphatic heterocycles. The molecule has 17 heavy (non-hydrogen) atoms. The number of nitrogen functional groups attached to an aromatic ring is 1. The van der Waals surface area contributed by atoms with Gasteiger partial charge in [0.15, 0.2) is 5.13 Å². The van der Waals surface area contributed by atoms with Gasteiger partial charge in [-0.1, -0.05) is 11.3 Å². The first-order chi connectivity index (χ1) is 8.29. The van der Waals surface area contributed by atoms with E-state index in [-0.39, 0.29) is 0 Å². The first-order valence-corrected chi connectivity index (χ1v) is 7.89. The van der Waals surface area contributed by atoms with Gasteiger partial charge in [-0.05, 0) is 43.0 Å². The molecule has 3 nitrogen and oxygen atoms in total. The number of thioether (sulfide) groups is 1. The van der Waals surface area contributed by atoms with E-state index in [0.29, 0.717) is 0 Å². The Balaban J connectivity index is 1.91. The second kappa shape index (κ2) is 6.12. The Bertz CT molecular complexity index is 482. The highest BCUT2D eigenvalue weighted by molar-refractivity contribution is 7.98. The van der Waals surface area contributed by atoms with E-state index in [9.17, 15) is 0 Å². The van der Waals surface area contributed by atoms with Crippen LogP contribution in [0, 0.1) is 0 Å². The van der Waals surface area contributed by atoms with E-state index < -0.39 is 0 Å². The molecule has 0 aliphatic carbocycles. The summed E-state index contributed by atoms with van der Waals surface area (Å²) < 4.78 is 1.15. The fourth-order valence-electron chi connectivity index (χ4n) is 1.58. The van der Waals surface area contributed by atoms with E-state index in [4.69, 9.17) is 5.73 Å². The van der Waals surface area contributed by atoms with Crippen LogP contribution < -0.4 is 11.1 Å². The van der Waals surface area contributed by atoms with Gasteiger partial charge < -0.3 is 11.1 Å². The molecule has 0 unspecified atom stereocenters. The number of nitrogens with zero attached hydrogens (tertiary/aromatic N) is 1. The van der Waals surface area contributed by atoms with Crippen molar-refractivity contribution in [1.82, 2.24) is 4.98 Å². The summed E-state index contributed by atoms with van der Waals surface area (Å²) in [5.74, 6) is 1.23. The lowest BCUT2D eigenvalue weighted by molar-refractivity contribution is 0.843. The van der Waals surface area contributed by atoms with E-state index in [1.807, 2.05) is 30.0 Å². The van der Waals surface area contributed by atoms with Crippen molar-refractivity contribution in [3.05, 3.63) is 18.2 Å².